The van der Waals surface area contributed by atoms with Crippen molar-refractivity contribution in [1.82, 2.24) is 0 Å². The van der Waals surface area contributed by atoms with Crippen LogP contribution in [0.2, 0.25) is 0 Å². The van der Waals surface area contributed by atoms with Crippen LogP contribution in [0.5, 0.6) is 0 Å². The Balaban J connectivity index is 4.22. The SMILES string of the molecule is CCCCCCCCCCCCCCCCCCCCCCCCCCCC(=O)OCC(COC(=O)CCCCCCCCCCCCCCCCCC)OC(=O)CCCCCCCCCCCCCCCCCCCCCC. The summed E-state index contributed by atoms with van der Waals surface area (Å²) in [5, 5.41) is 0. The molecule has 6 nitrogen and oxygen atoms in total. The van der Waals surface area contributed by atoms with Crippen LogP contribution in [0.25, 0.3) is 0 Å². The Morgan fingerprint density at radius 2 is 0.342 bits per heavy atom. The first kappa shape index (κ1) is 77.4. The maximum Gasteiger partial charge on any atom is 0.306 e. The largest absolute Gasteiger partial charge is 0.462 e. The standard InChI is InChI=1S/C73H142O6/c1-4-7-10-13-16-19-22-25-28-31-33-35-36-37-38-39-41-42-45-48-51-54-57-60-63-66-72(75)78-69-70(68-77-71(74)65-62-59-56-53-50-47-44-30-27-24-21-18-15-12-9-6-3)79-73(76)67-64-61-58-55-52-49-46-43-40-34-32-29-26-23-20-17-14-11-8-5-2/h70H,4-69H2,1-3H3. The fourth-order valence-electron chi connectivity index (χ4n) is 11.6. The number of esters is 3. The molecule has 0 aromatic carbocycles. The third-order valence-electron chi connectivity index (χ3n) is 17.1. The Labute approximate surface area is 495 Å². The van der Waals surface area contributed by atoms with Gasteiger partial charge in [-0.15, -0.1) is 0 Å². The van der Waals surface area contributed by atoms with Crippen molar-refractivity contribution in [2.45, 2.75) is 438 Å². The molecule has 0 saturated carbocycles. The van der Waals surface area contributed by atoms with Gasteiger partial charge in [0, 0.05) is 19.3 Å². The van der Waals surface area contributed by atoms with E-state index in [1.807, 2.05) is 0 Å². The van der Waals surface area contributed by atoms with Gasteiger partial charge < -0.3 is 14.2 Å². The first-order valence-corrected chi connectivity index (χ1v) is 36.5. The third-order valence-corrected chi connectivity index (χ3v) is 17.1. The lowest BCUT2D eigenvalue weighted by molar-refractivity contribution is -0.167. The van der Waals surface area contributed by atoms with Crippen LogP contribution in [0.4, 0.5) is 0 Å². The van der Waals surface area contributed by atoms with Crippen LogP contribution in [0.1, 0.15) is 432 Å². The van der Waals surface area contributed by atoms with Gasteiger partial charge in [-0.3, -0.25) is 14.4 Å². The zero-order valence-corrected chi connectivity index (χ0v) is 54.2. The van der Waals surface area contributed by atoms with Gasteiger partial charge in [0.25, 0.3) is 0 Å². The smallest absolute Gasteiger partial charge is 0.306 e. The van der Waals surface area contributed by atoms with Crippen LogP contribution < -0.4 is 0 Å². The maximum atomic E-state index is 13.0. The number of carbonyl (C=O) groups is 3. The highest BCUT2D eigenvalue weighted by Crippen LogP contribution is 2.20. The molecule has 0 aromatic heterocycles. The van der Waals surface area contributed by atoms with E-state index < -0.39 is 6.10 Å². The monoisotopic (exact) mass is 1120 g/mol. The molecule has 0 saturated heterocycles. The molecule has 0 heterocycles. The topological polar surface area (TPSA) is 78.9 Å². The van der Waals surface area contributed by atoms with Crippen molar-refractivity contribution in [3.05, 3.63) is 0 Å². The Kier molecular flexibility index (Phi) is 67.5. The van der Waals surface area contributed by atoms with Gasteiger partial charge in [0.1, 0.15) is 13.2 Å². The second-order valence-electron chi connectivity index (χ2n) is 25.2. The predicted octanol–water partition coefficient (Wildman–Crippen LogP) is 25.0. The van der Waals surface area contributed by atoms with E-state index in [9.17, 15) is 14.4 Å². The summed E-state index contributed by atoms with van der Waals surface area (Å²) in [5.74, 6) is -0.816. The zero-order valence-electron chi connectivity index (χ0n) is 54.2. The lowest BCUT2D eigenvalue weighted by Gasteiger charge is -2.18. The van der Waals surface area contributed by atoms with Crippen molar-refractivity contribution in [3.8, 4) is 0 Å². The van der Waals surface area contributed by atoms with E-state index in [-0.39, 0.29) is 31.1 Å². The Bertz CT molecular complexity index is 1190. The van der Waals surface area contributed by atoms with E-state index in [2.05, 4.69) is 20.8 Å². The first-order chi connectivity index (χ1) is 39.0. The lowest BCUT2D eigenvalue weighted by Crippen LogP contribution is -2.30. The van der Waals surface area contributed by atoms with Crippen LogP contribution in [0.3, 0.4) is 0 Å². The molecule has 0 bridgehead atoms. The minimum atomic E-state index is -0.764. The molecule has 0 spiro atoms. The van der Waals surface area contributed by atoms with Crippen LogP contribution in [-0.4, -0.2) is 37.2 Å². The molecule has 0 radical (unpaired) electrons. The van der Waals surface area contributed by atoms with Gasteiger partial charge in [-0.25, -0.2) is 0 Å². The summed E-state index contributed by atoms with van der Waals surface area (Å²) >= 11 is 0. The molecule has 0 amide bonds. The van der Waals surface area contributed by atoms with E-state index in [0.717, 1.165) is 57.8 Å². The molecule has 470 valence electrons. The Morgan fingerprint density at radius 3 is 0.506 bits per heavy atom. The number of carbonyl (C=O) groups excluding carboxylic acids is 3. The minimum Gasteiger partial charge on any atom is -0.462 e. The third kappa shape index (κ3) is 67.1. The summed E-state index contributed by atoms with van der Waals surface area (Å²) in [4.78, 5) is 38.5. The quantitative estimate of drug-likeness (QED) is 0.0343. The average molecular weight is 1120 g/mol. The van der Waals surface area contributed by atoms with E-state index in [4.69, 9.17) is 14.2 Å². The molecule has 0 aliphatic carbocycles. The molecule has 0 N–H and O–H groups in total. The van der Waals surface area contributed by atoms with Gasteiger partial charge in [0.05, 0.1) is 0 Å². The summed E-state index contributed by atoms with van der Waals surface area (Å²) in [7, 11) is 0. The second-order valence-corrected chi connectivity index (χ2v) is 25.2. The molecule has 6 heteroatoms. The summed E-state index contributed by atoms with van der Waals surface area (Å²) in [6.45, 7) is 6.75. The van der Waals surface area contributed by atoms with E-state index >= 15 is 0 Å². The van der Waals surface area contributed by atoms with Crippen molar-refractivity contribution in [2.75, 3.05) is 13.2 Å². The fourth-order valence-corrected chi connectivity index (χ4v) is 11.6. The highest BCUT2D eigenvalue weighted by Gasteiger charge is 2.20. The molecular formula is C73H142O6. The molecular weight excluding hydrogens is 973 g/mol. The van der Waals surface area contributed by atoms with Crippen molar-refractivity contribution in [3.63, 3.8) is 0 Å². The summed E-state index contributed by atoms with van der Waals surface area (Å²) in [6, 6.07) is 0. The van der Waals surface area contributed by atoms with Crippen molar-refractivity contribution < 1.29 is 28.6 Å². The predicted molar refractivity (Wildman–Crippen MR) is 344 cm³/mol. The van der Waals surface area contributed by atoms with Crippen molar-refractivity contribution in [1.29, 1.82) is 0 Å². The molecule has 79 heavy (non-hydrogen) atoms. The van der Waals surface area contributed by atoms with E-state index in [1.165, 1.54) is 334 Å². The first-order valence-electron chi connectivity index (χ1n) is 36.5. The molecule has 0 rings (SSSR count). The van der Waals surface area contributed by atoms with Crippen molar-refractivity contribution >= 4 is 17.9 Å². The summed E-state index contributed by atoms with van der Waals surface area (Å²) in [6.07, 6.45) is 81.4. The Morgan fingerprint density at radius 1 is 0.203 bits per heavy atom. The highest BCUT2D eigenvalue weighted by atomic mass is 16.6. The number of rotatable bonds is 69. The fraction of sp³-hybridized carbons (Fsp3) is 0.959. The minimum absolute atomic E-state index is 0.0599. The number of ether oxygens (including phenoxy) is 3. The second kappa shape index (κ2) is 68.9. The van der Waals surface area contributed by atoms with Gasteiger partial charge in [-0.05, 0) is 19.3 Å². The van der Waals surface area contributed by atoms with E-state index in [1.54, 1.807) is 0 Å². The van der Waals surface area contributed by atoms with Crippen LogP contribution in [0, 0.1) is 0 Å². The number of hydrogen-bond donors (Lipinski definition) is 0. The normalized spacial score (nSPS) is 11.9. The van der Waals surface area contributed by atoms with Crippen LogP contribution in [-0.2, 0) is 28.6 Å². The lowest BCUT2D eigenvalue weighted by atomic mass is 10.0. The zero-order chi connectivity index (χ0) is 57.1. The van der Waals surface area contributed by atoms with Gasteiger partial charge in [0.2, 0.25) is 0 Å². The highest BCUT2D eigenvalue weighted by molar-refractivity contribution is 5.71. The number of hydrogen-bond acceptors (Lipinski definition) is 6. The molecule has 0 fully saturated rings. The molecule has 0 aliphatic rings. The summed E-state index contributed by atoms with van der Waals surface area (Å²) < 4.78 is 17.0. The number of unbranched alkanes of at least 4 members (excludes halogenated alkanes) is 58. The van der Waals surface area contributed by atoms with Gasteiger partial charge in [-0.2, -0.15) is 0 Å². The summed E-state index contributed by atoms with van der Waals surface area (Å²) in [5.41, 5.74) is 0. The Hall–Kier alpha value is -1.59. The van der Waals surface area contributed by atoms with Crippen LogP contribution >= 0.6 is 0 Å². The maximum absolute atomic E-state index is 13.0. The van der Waals surface area contributed by atoms with Gasteiger partial charge in [-0.1, -0.05) is 393 Å². The molecule has 0 aliphatic heterocycles. The molecule has 0 aromatic rings. The van der Waals surface area contributed by atoms with Crippen molar-refractivity contribution in [2.24, 2.45) is 0 Å². The average Bonchev–Trinajstić information content (AvgIpc) is 3.45. The van der Waals surface area contributed by atoms with E-state index in [0.29, 0.717) is 19.3 Å². The van der Waals surface area contributed by atoms with Crippen LogP contribution in [0.15, 0.2) is 0 Å². The van der Waals surface area contributed by atoms with Gasteiger partial charge >= 0.3 is 17.9 Å². The van der Waals surface area contributed by atoms with Gasteiger partial charge in [0.15, 0.2) is 6.10 Å². The molecule has 1 unspecified atom stereocenters. The molecule has 1 atom stereocenters.